The maximum Gasteiger partial charge on any atom is 0.272 e. The number of alkyl halides is 2. The molecule has 1 rings (SSSR count). The number of aryl methyl sites for hydroxylation is 1. The first-order valence-corrected chi connectivity index (χ1v) is 5.48. The van der Waals surface area contributed by atoms with E-state index in [0.717, 1.165) is 38.3 Å². The van der Waals surface area contributed by atoms with Crippen molar-refractivity contribution in [2.24, 2.45) is 0 Å². The zero-order valence-electron chi connectivity index (χ0n) is 9.42. The van der Waals surface area contributed by atoms with Crippen LogP contribution in [0.1, 0.15) is 37.4 Å². The lowest BCUT2D eigenvalue weighted by molar-refractivity contribution is 0.0171. The Labute approximate surface area is 94.3 Å². The molecule has 0 saturated carbocycles. The van der Waals surface area contributed by atoms with Gasteiger partial charge in [0.2, 0.25) is 0 Å². The average molecular weight is 229 g/mol. The molecule has 0 unspecified atom stereocenters. The molecule has 0 aliphatic carbocycles. The third-order valence-electron chi connectivity index (χ3n) is 2.42. The van der Waals surface area contributed by atoms with E-state index in [4.69, 9.17) is 5.11 Å². The number of unbranched alkanes of at least 4 members (excludes halogenated alkanes) is 2. The number of halogens is 2. The zero-order chi connectivity index (χ0) is 12.0. The van der Waals surface area contributed by atoms with Crippen LogP contribution in [0.2, 0.25) is 0 Å². The monoisotopic (exact) mass is 229 g/mol. The van der Waals surface area contributed by atoms with Crippen LogP contribution in [0.25, 0.3) is 0 Å². The quantitative estimate of drug-likeness (QED) is 0.761. The molecule has 0 spiro atoms. The number of pyridine rings is 1. The molecule has 0 saturated heterocycles. The van der Waals surface area contributed by atoms with Gasteiger partial charge in [0.05, 0.1) is 0 Å². The Morgan fingerprint density at radius 3 is 2.50 bits per heavy atom. The molecular weight excluding hydrogens is 212 g/mol. The van der Waals surface area contributed by atoms with Crippen LogP contribution in [0.3, 0.4) is 0 Å². The topological polar surface area (TPSA) is 33.1 Å². The molecule has 1 aromatic heterocycles. The van der Waals surface area contributed by atoms with Crippen molar-refractivity contribution in [2.45, 2.75) is 38.5 Å². The van der Waals surface area contributed by atoms with Crippen LogP contribution >= 0.6 is 0 Å². The van der Waals surface area contributed by atoms with Gasteiger partial charge in [0.1, 0.15) is 0 Å². The number of aromatic nitrogens is 1. The molecule has 0 aliphatic heterocycles. The van der Waals surface area contributed by atoms with Gasteiger partial charge in [0, 0.05) is 31.0 Å². The molecule has 16 heavy (non-hydrogen) atoms. The molecule has 0 aliphatic rings. The highest BCUT2D eigenvalue weighted by atomic mass is 19.3. The summed E-state index contributed by atoms with van der Waals surface area (Å²) in [5, 5.41) is 8.59. The molecule has 1 N–H and O–H groups in total. The second-order valence-electron chi connectivity index (χ2n) is 3.96. The lowest BCUT2D eigenvalue weighted by atomic mass is 10.1. The van der Waals surface area contributed by atoms with Crippen LogP contribution < -0.4 is 0 Å². The van der Waals surface area contributed by atoms with Crippen LogP contribution in [-0.4, -0.2) is 16.7 Å². The van der Waals surface area contributed by atoms with E-state index in [2.05, 4.69) is 4.98 Å². The summed E-state index contributed by atoms with van der Waals surface area (Å²) in [5.74, 6) is -2.82. The lowest BCUT2D eigenvalue weighted by Crippen LogP contribution is -2.07. The average Bonchev–Trinajstić information content (AvgIpc) is 2.24. The van der Waals surface area contributed by atoms with Crippen LogP contribution in [0.15, 0.2) is 18.3 Å². The van der Waals surface area contributed by atoms with Crippen LogP contribution in [0.5, 0.6) is 0 Å². The minimum Gasteiger partial charge on any atom is -0.396 e. The van der Waals surface area contributed by atoms with E-state index in [1.54, 1.807) is 6.07 Å². The molecule has 1 heterocycles. The third kappa shape index (κ3) is 4.23. The van der Waals surface area contributed by atoms with Gasteiger partial charge in [0.25, 0.3) is 5.92 Å². The Morgan fingerprint density at radius 1 is 1.25 bits per heavy atom. The van der Waals surface area contributed by atoms with Crippen LogP contribution in [0.4, 0.5) is 8.78 Å². The predicted octanol–water partition coefficient (Wildman–Crippen LogP) is 2.90. The summed E-state index contributed by atoms with van der Waals surface area (Å²) in [5.41, 5.74) is 0.776. The predicted molar refractivity (Wildman–Crippen MR) is 58.4 cm³/mol. The number of nitrogens with zero attached hydrogens (tertiary/aromatic N) is 1. The molecule has 2 nitrogen and oxygen atoms in total. The normalized spacial score (nSPS) is 11.8. The van der Waals surface area contributed by atoms with Crippen molar-refractivity contribution in [3.8, 4) is 0 Å². The summed E-state index contributed by atoms with van der Waals surface area (Å²) in [6, 6.07) is 3.07. The molecule has 0 fully saturated rings. The first-order chi connectivity index (χ1) is 7.54. The number of aliphatic hydroxyl groups excluding tert-OH is 1. The van der Waals surface area contributed by atoms with Crippen molar-refractivity contribution in [1.29, 1.82) is 0 Å². The van der Waals surface area contributed by atoms with E-state index >= 15 is 0 Å². The fourth-order valence-corrected chi connectivity index (χ4v) is 1.43. The summed E-state index contributed by atoms with van der Waals surface area (Å²) in [6.07, 6.45) is 4.65. The standard InChI is InChI=1S/C12H17F2NO/c1-12(13,14)10-6-7-11(15-9-10)5-3-2-4-8-16/h6-7,9,16H,2-5,8H2,1H3. The van der Waals surface area contributed by atoms with Crippen LogP contribution in [-0.2, 0) is 12.3 Å². The van der Waals surface area contributed by atoms with E-state index in [0.29, 0.717) is 0 Å². The van der Waals surface area contributed by atoms with Gasteiger partial charge >= 0.3 is 0 Å². The molecule has 1 aromatic rings. The first kappa shape index (κ1) is 13.0. The van der Waals surface area contributed by atoms with Gasteiger partial charge < -0.3 is 5.11 Å². The molecule has 0 atom stereocenters. The van der Waals surface area contributed by atoms with Gasteiger partial charge in [-0.3, -0.25) is 4.98 Å². The van der Waals surface area contributed by atoms with E-state index in [-0.39, 0.29) is 12.2 Å². The minimum absolute atomic E-state index is 0.0494. The van der Waals surface area contributed by atoms with Gasteiger partial charge in [-0.05, 0) is 31.4 Å². The SMILES string of the molecule is CC(F)(F)c1ccc(CCCCCO)nc1. The van der Waals surface area contributed by atoms with Crippen molar-refractivity contribution in [3.63, 3.8) is 0 Å². The van der Waals surface area contributed by atoms with Crippen molar-refractivity contribution >= 4 is 0 Å². The molecule has 90 valence electrons. The number of hydrogen-bond donors (Lipinski definition) is 1. The van der Waals surface area contributed by atoms with Crippen molar-refractivity contribution in [1.82, 2.24) is 4.98 Å². The molecule has 4 heteroatoms. The molecule has 0 amide bonds. The highest BCUT2D eigenvalue weighted by Crippen LogP contribution is 2.25. The largest absolute Gasteiger partial charge is 0.396 e. The number of aliphatic hydroxyl groups is 1. The highest BCUT2D eigenvalue weighted by Gasteiger charge is 2.24. The fourth-order valence-electron chi connectivity index (χ4n) is 1.43. The third-order valence-corrected chi connectivity index (χ3v) is 2.42. The van der Waals surface area contributed by atoms with Gasteiger partial charge in [0.15, 0.2) is 0 Å². The second-order valence-corrected chi connectivity index (χ2v) is 3.96. The summed E-state index contributed by atoms with van der Waals surface area (Å²) < 4.78 is 25.7. The van der Waals surface area contributed by atoms with Crippen molar-refractivity contribution in [3.05, 3.63) is 29.6 Å². The van der Waals surface area contributed by atoms with E-state index in [1.165, 1.54) is 12.3 Å². The lowest BCUT2D eigenvalue weighted by Gasteiger charge is -2.10. The van der Waals surface area contributed by atoms with Gasteiger partial charge in [-0.25, -0.2) is 8.78 Å². The van der Waals surface area contributed by atoms with Gasteiger partial charge in [-0.15, -0.1) is 0 Å². The zero-order valence-corrected chi connectivity index (χ0v) is 9.42. The van der Waals surface area contributed by atoms with E-state index < -0.39 is 5.92 Å². The molecule has 0 aromatic carbocycles. The molecule has 0 bridgehead atoms. The highest BCUT2D eigenvalue weighted by molar-refractivity contribution is 5.18. The Morgan fingerprint density at radius 2 is 2.00 bits per heavy atom. The van der Waals surface area contributed by atoms with Crippen LogP contribution in [0, 0.1) is 0 Å². The maximum atomic E-state index is 12.9. The Bertz CT molecular complexity index is 306. The minimum atomic E-state index is -2.82. The summed E-state index contributed by atoms with van der Waals surface area (Å²) in [4.78, 5) is 4.00. The summed E-state index contributed by atoms with van der Waals surface area (Å²) in [6.45, 7) is 1.07. The smallest absolute Gasteiger partial charge is 0.272 e. The number of hydrogen-bond acceptors (Lipinski definition) is 2. The fraction of sp³-hybridized carbons (Fsp3) is 0.583. The Balaban J connectivity index is 2.46. The Hall–Kier alpha value is -1.03. The van der Waals surface area contributed by atoms with Crippen molar-refractivity contribution < 1.29 is 13.9 Å². The summed E-state index contributed by atoms with van der Waals surface area (Å²) in [7, 11) is 0. The van der Waals surface area contributed by atoms with Gasteiger partial charge in [-0.2, -0.15) is 0 Å². The second kappa shape index (κ2) is 5.89. The molecular formula is C12H17F2NO. The first-order valence-electron chi connectivity index (χ1n) is 5.48. The van der Waals surface area contributed by atoms with E-state index in [1.807, 2.05) is 0 Å². The maximum absolute atomic E-state index is 12.9. The number of rotatable bonds is 6. The van der Waals surface area contributed by atoms with E-state index in [9.17, 15) is 8.78 Å². The van der Waals surface area contributed by atoms with Gasteiger partial charge in [-0.1, -0.05) is 6.42 Å². The Kier molecular flexibility index (Phi) is 4.80. The molecule has 0 radical (unpaired) electrons. The van der Waals surface area contributed by atoms with Crippen molar-refractivity contribution in [2.75, 3.05) is 6.61 Å². The summed E-state index contributed by atoms with van der Waals surface area (Å²) >= 11 is 0.